The monoisotopic (exact) mass is 266 g/mol. The Morgan fingerprint density at radius 3 is 2.00 bits per heavy atom. The van der Waals surface area contributed by atoms with Gasteiger partial charge in [-0.3, -0.25) is 4.79 Å². The minimum absolute atomic E-state index is 0.310. The van der Waals surface area contributed by atoms with Crippen molar-refractivity contribution in [1.82, 2.24) is 0 Å². The quantitative estimate of drug-likeness (QED) is 0.628. The van der Waals surface area contributed by atoms with Gasteiger partial charge in [-0.15, -0.1) is 11.8 Å². The molecule has 4 aliphatic carbocycles. The maximum absolute atomic E-state index is 11.0. The molecular weight excluding hydrogens is 248 g/mol. The molecule has 4 fully saturated rings. The lowest BCUT2D eigenvalue weighted by atomic mass is 9.56. The van der Waals surface area contributed by atoms with E-state index in [0.717, 1.165) is 17.8 Å². The zero-order valence-corrected chi connectivity index (χ0v) is 11.1. The molecule has 18 heavy (non-hydrogen) atoms. The number of ketones is 1. The second-order valence-electron chi connectivity index (χ2n) is 6.19. The Morgan fingerprint density at radius 1 is 1.06 bits per heavy atom. The highest BCUT2D eigenvalue weighted by atomic mass is 32.2. The number of carbonyl (C=O) groups excluding carboxylic acids is 1. The number of hydrogen-bond donors (Lipinski definition) is 1. The lowest BCUT2D eigenvalue weighted by molar-refractivity contribution is -0.146. The molecular formula is C14H18O3S. The van der Waals surface area contributed by atoms with Gasteiger partial charge in [-0.1, -0.05) is 0 Å². The van der Waals surface area contributed by atoms with Gasteiger partial charge in [0.05, 0.1) is 0 Å². The maximum Gasteiger partial charge on any atom is 0.376 e. The molecule has 0 saturated heterocycles. The van der Waals surface area contributed by atoms with Crippen LogP contribution in [0.15, 0.2) is 11.5 Å². The van der Waals surface area contributed by atoms with E-state index in [-0.39, 0.29) is 0 Å². The molecule has 0 aromatic heterocycles. The van der Waals surface area contributed by atoms with E-state index >= 15 is 0 Å². The summed E-state index contributed by atoms with van der Waals surface area (Å²) >= 11 is 1.72. The van der Waals surface area contributed by atoms with Crippen LogP contribution in [0.2, 0.25) is 0 Å². The average Bonchev–Trinajstić information content (AvgIpc) is 2.26. The normalized spacial score (nSPS) is 41.4. The topological polar surface area (TPSA) is 54.4 Å². The van der Waals surface area contributed by atoms with Gasteiger partial charge in [0.15, 0.2) is 0 Å². The first-order valence-electron chi connectivity index (χ1n) is 6.68. The average molecular weight is 266 g/mol. The molecule has 4 heteroatoms. The molecule has 0 aromatic carbocycles. The molecule has 0 aliphatic heterocycles. The fraction of sp³-hybridized carbons (Fsp3) is 0.714. The number of carbonyl (C=O) groups is 2. The molecule has 0 radical (unpaired) electrons. The van der Waals surface area contributed by atoms with Gasteiger partial charge < -0.3 is 5.11 Å². The minimum Gasteiger partial charge on any atom is -0.475 e. The van der Waals surface area contributed by atoms with Gasteiger partial charge in [0.25, 0.3) is 5.78 Å². The van der Waals surface area contributed by atoms with Crippen LogP contribution in [0.3, 0.4) is 0 Å². The SMILES string of the molecule is O=C(O)C(=O)/C=C/SC12CC3CC(CC(C3)C1)C2. The standard InChI is InChI=1S/C14H18O3S/c15-12(13(16)17)1-2-18-14-6-9-3-10(7-14)5-11(4-9)8-14/h1-2,9-11H,3-8H2,(H,16,17)/b2-1+. The second-order valence-corrected chi connectivity index (χ2v) is 7.56. The van der Waals surface area contributed by atoms with Gasteiger partial charge in [-0.05, 0) is 67.8 Å². The first-order valence-corrected chi connectivity index (χ1v) is 7.56. The van der Waals surface area contributed by atoms with Crippen molar-refractivity contribution in [3.63, 3.8) is 0 Å². The van der Waals surface area contributed by atoms with Gasteiger partial charge in [0.1, 0.15) is 0 Å². The summed E-state index contributed by atoms with van der Waals surface area (Å²) in [4.78, 5) is 21.5. The number of rotatable bonds is 4. The predicted molar refractivity (Wildman–Crippen MR) is 70.3 cm³/mol. The van der Waals surface area contributed by atoms with Crippen LogP contribution in [0.5, 0.6) is 0 Å². The molecule has 98 valence electrons. The molecule has 0 aromatic rings. The van der Waals surface area contributed by atoms with E-state index < -0.39 is 11.8 Å². The lowest BCUT2D eigenvalue weighted by Crippen LogP contribution is -2.48. The number of carboxylic acids is 1. The summed E-state index contributed by atoms with van der Waals surface area (Å²) in [5.41, 5.74) is 0. The first kappa shape index (κ1) is 12.3. The van der Waals surface area contributed by atoms with Crippen molar-refractivity contribution < 1.29 is 14.7 Å². The zero-order valence-electron chi connectivity index (χ0n) is 10.3. The van der Waals surface area contributed by atoms with Crippen molar-refractivity contribution in [2.24, 2.45) is 17.8 Å². The van der Waals surface area contributed by atoms with E-state index in [4.69, 9.17) is 5.11 Å². The van der Waals surface area contributed by atoms with Gasteiger partial charge in [0.2, 0.25) is 0 Å². The third-order valence-corrected chi connectivity index (χ3v) is 6.00. The Labute approximate surface area is 111 Å². The minimum atomic E-state index is -1.36. The molecule has 0 amide bonds. The zero-order chi connectivity index (χ0) is 12.8. The van der Waals surface area contributed by atoms with E-state index in [9.17, 15) is 9.59 Å². The van der Waals surface area contributed by atoms with Gasteiger partial charge in [-0.2, -0.15) is 0 Å². The molecule has 4 rings (SSSR count). The Hall–Kier alpha value is -0.770. The van der Waals surface area contributed by atoms with Crippen LogP contribution in [0.4, 0.5) is 0 Å². The van der Waals surface area contributed by atoms with Gasteiger partial charge in [-0.25, -0.2) is 4.79 Å². The van der Waals surface area contributed by atoms with Crippen LogP contribution < -0.4 is 0 Å². The largest absolute Gasteiger partial charge is 0.475 e. The number of thioether (sulfide) groups is 1. The molecule has 4 aliphatic rings. The fourth-order valence-electron chi connectivity index (χ4n) is 4.49. The number of hydrogen-bond acceptors (Lipinski definition) is 3. The first-order chi connectivity index (χ1) is 8.56. The van der Waals surface area contributed by atoms with Crippen LogP contribution in [0.25, 0.3) is 0 Å². The molecule has 1 N–H and O–H groups in total. The van der Waals surface area contributed by atoms with Crippen LogP contribution in [-0.4, -0.2) is 21.6 Å². The maximum atomic E-state index is 11.0. The summed E-state index contributed by atoms with van der Waals surface area (Å²) in [6.45, 7) is 0. The third-order valence-electron chi connectivity index (χ3n) is 4.73. The van der Waals surface area contributed by atoms with Gasteiger partial charge in [0, 0.05) is 4.75 Å². The van der Waals surface area contributed by atoms with Gasteiger partial charge >= 0.3 is 5.97 Å². The summed E-state index contributed by atoms with van der Waals surface area (Å²) in [5.74, 6) is 0.469. The van der Waals surface area contributed by atoms with Crippen LogP contribution in [-0.2, 0) is 9.59 Å². The Balaban J connectivity index is 1.66. The number of carboxylic acid groups (broad SMARTS) is 1. The molecule has 4 bridgehead atoms. The van der Waals surface area contributed by atoms with E-state index in [2.05, 4.69) is 0 Å². The molecule has 0 heterocycles. The summed E-state index contributed by atoms with van der Waals surface area (Å²) in [6, 6.07) is 0. The highest BCUT2D eigenvalue weighted by molar-refractivity contribution is 8.03. The predicted octanol–water partition coefficient (Wildman–Crippen LogP) is 2.86. The molecule has 0 spiro atoms. The summed E-state index contributed by atoms with van der Waals surface area (Å²) < 4.78 is 0.310. The van der Waals surface area contributed by atoms with Crippen LogP contribution >= 0.6 is 11.8 Å². The van der Waals surface area contributed by atoms with E-state index in [1.165, 1.54) is 44.6 Å². The molecule has 0 unspecified atom stereocenters. The third kappa shape index (κ3) is 2.22. The van der Waals surface area contributed by atoms with Crippen molar-refractivity contribution in [2.45, 2.75) is 43.3 Å². The van der Waals surface area contributed by atoms with Crippen molar-refractivity contribution in [1.29, 1.82) is 0 Å². The lowest BCUT2D eigenvalue weighted by Gasteiger charge is -2.56. The second kappa shape index (κ2) is 4.41. The number of aliphatic carboxylic acids is 1. The Morgan fingerprint density at radius 2 is 1.56 bits per heavy atom. The summed E-state index contributed by atoms with van der Waals surface area (Å²) in [6.07, 6.45) is 9.19. The Kier molecular flexibility index (Phi) is 3.00. The van der Waals surface area contributed by atoms with Crippen molar-refractivity contribution in [2.75, 3.05) is 0 Å². The van der Waals surface area contributed by atoms with Crippen molar-refractivity contribution >= 4 is 23.5 Å². The van der Waals surface area contributed by atoms with E-state index in [1.807, 2.05) is 0 Å². The van der Waals surface area contributed by atoms with Crippen molar-refractivity contribution in [3.05, 3.63) is 11.5 Å². The summed E-state index contributed by atoms with van der Waals surface area (Å²) in [5, 5.41) is 10.3. The Bertz CT molecular complexity index is 378. The van der Waals surface area contributed by atoms with E-state index in [1.54, 1.807) is 17.2 Å². The van der Waals surface area contributed by atoms with Crippen LogP contribution in [0, 0.1) is 17.8 Å². The smallest absolute Gasteiger partial charge is 0.376 e. The fourth-order valence-corrected chi connectivity index (χ4v) is 5.96. The van der Waals surface area contributed by atoms with E-state index in [0.29, 0.717) is 4.75 Å². The highest BCUT2D eigenvalue weighted by Gasteiger charge is 2.50. The molecule has 3 nitrogen and oxygen atoms in total. The van der Waals surface area contributed by atoms with Crippen LogP contribution in [0.1, 0.15) is 38.5 Å². The summed E-state index contributed by atoms with van der Waals surface area (Å²) in [7, 11) is 0. The molecule has 0 atom stereocenters. The molecule has 4 saturated carbocycles. The highest BCUT2D eigenvalue weighted by Crippen LogP contribution is 2.60. The van der Waals surface area contributed by atoms with Crippen molar-refractivity contribution in [3.8, 4) is 0 Å².